The molecule has 0 heterocycles. The van der Waals surface area contributed by atoms with E-state index in [0.29, 0.717) is 13.2 Å². The second-order valence-corrected chi connectivity index (χ2v) is 6.67. The van der Waals surface area contributed by atoms with Crippen LogP contribution in [0, 0.1) is 18.3 Å². The quantitative estimate of drug-likeness (QED) is 0.571. The second kappa shape index (κ2) is 9.59. The van der Waals surface area contributed by atoms with Crippen LogP contribution in [0.4, 0.5) is 0 Å². The fraction of sp³-hybridized carbons (Fsp3) is 0.304. The van der Waals surface area contributed by atoms with Crippen LogP contribution in [0.25, 0.3) is 6.08 Å². The van der Waals surface area contributed by atoms with E-state index in [1.165, 1.54) is 0 Å². The molecule has 0 bridgehead atoms. The SMILES string of the molecule is CCOc1cc(C)c(/C=C(\C#N)C(=O)NCc2ccccc2)cc1C(C)C. The maximum absolute atomic E-state index is 12.4. The van der Waals surface area contributed by atoms with Gasteiger partial charge in [-0.3, -0.25) is 4.79 Å². The van der Waals surface area contributed by atoms with E-state index in [4.69, 9.17) is 4.74 Å². The minimum atomic E-state index is -0.374. The van der Waals surface area contributed by atoms with Gasteiger partial charge in [0.05, 0.1) is 6.61 Å². The first kappa shape index (κ1) is 20.3. The third kappa shape index (κ3) is 5.46. The van der Waals surface area contributed by atoms with Crippen molar-refractivity contribution in [2.45, 2.75) is 40.2 Å². The molecule has 0 fully saturated rings. The number of benzene rings is 2. The summed E-state index contributed by atoms with van der Waals surface area (Å²) in [6.45, 7) is 9.09. The zero-order valence-electron chi connectivity index (χ0n) is 16.4. The van der Waals surface area contributed by atoms with Crippen LogP contribution in [0.3, 0.4) is 0 Å². The zero-order chi connectivity index (χ0) is 19.8. The van der Waals surface area contributed by atoms with Gasteiger partial charge in [-0.25, -0.2) is 0 Å². The van der Waals surface area contributed by atoms with Crippen molar-refractivity contribution in [3.05, 3.63) is 70.3 Å². The van der Waals surface area contributed by atoms with Gasteiger partial charge in [-0.15, -0.1) is 0 Å². The maximum atomic E-state index is 12.4. The summed E-state index contributed by atoms with van der Waals surface area (Å²) in [5.41, 5.74) is 3.96. The van der Waals surface area contributed by atoms with Crippen LogP contribution in [-0.4, -0.2) is 12.5 Å². The number of rotatable bonds is 7. The van der Waals surface area contributed by atoms with E-state index >= 15 is 0 Å². The molecule has 4 nitrogen and oxygen atoms in total. The van der Waals surface area contributed by atoms with Crippen molar-refractivity contribution in [3.63, 3.8) is 0 Å². The molecular formula is C23H26N2O2. The lowest BCUT2D eigenvalue weighted by Crippen LogP contribution is -2.23. The molecule has 0 unspecified atom stereocenters. The summed E-state index contributed by atoms with van der Waals surface area (Å²) in [7, 11) is 0. The molecule has 0 aliphatic heterocycles. The van der Waals surface area contributed by atoms with Crippen LogP contribution >= 0.6 is 0 Å². The highest BCUT2D eigenvalue weighted by Gasteiger charge is 2.14. The first-order chi connectivity index (χ1) is 13.0. The Balaban J connectivity index is 2.27. The van der Waals surface area contributed by atoms with Crippen molar-refractivity contribution in [2.24, 2.45) is 0 Å². The Bertz CT molecular complexity index is 862. The zero-order valence-corrected chi connectivity index (χ0v) is 16.4. The van der Waals surface area contributed by atoms with E-state index in [2.05, 4.69) is 19.2 Å². The van der Waals surface area contributed by atoms with Gasteiger partial charge in [0.25, 0.3) is 5.91 Å². The molecule has 4 heteroatoms. The molecule has 0 aliphatic rings. The Morgan fingerprint density at radius 2 is 1.96 bits per heavy atom. The monoisotopic (exact) mass is 362 g/mol. The van der Waals surface area contributed by atoms with E-state index in [1.54, 1.807) is 6.08 Å². The predicted octanol–water partition coefficient (Wildman–Crippen LogP) is 4.74. The lowest BCUT2D eigenvalue weighted by Gasteiger charge is -2.16. The normalized spacial score (nSPS) is 11.2. The standard InChI is InChI=1S/C23H26N2O2/c1-5-27-22-11-17(4)19(13-21(22)16(2)3)12-20(14-24)23(26)25-15-18-9-7-6-8-10-18/h6-13,16H,5,15H2,1-4H3,(H,25,26)/b20-12+. The molecule has 0 radical (unpaired) electrons. The lowest BCUT2D eigenvalue weighted by molar-refractivity contribution is -0.117. The highest BCUT2D eigenvalue weighted by Crippen LogP contribution is 2.31. The summed E-state index contributed by atoms with van der Waals surface area (Å²) in [5.74, 6) is 0.756. The number of hydrogen-bond donors (Lipinski definition) is 1. The van der Waals surface area contributed by atoms with Crippen LogP contribution in [-0.2, 0) is 11.3 Å². The molecule has 140 valence electrons. The summed E-state index contributed by atoms with van der Waals surface area (Å²) in [6.07, 6.45) is 1.65. The Hall–Kier alpha value is -3.06. The third-order valence-electron chi connectivity index (χ3n) is 4.28. The molecule has 0 atom stereocenters. The van der Waals surface area contributed by atoms with Crippen molar-refractivity contribution >= 4 is 12.0 Å². The molecule has 2 rings (SSSR count). The molecule has 1 amide bonds. The van der Waals surface area contributed by atoms with E-state index in [9.17, 15) is 10.1 Å². The summed E-state index contributed by atoms with van der Waals surface area (Å²) in [4.78, 5) is 12.4. The number of ether oxygens (including phenoxy) is 1. The Labute approximate surface area is 161 Å². The molecule has 0 aromatic heterocycles. The van der Waals surface area contributed by atoms with Crippen LogP contribution in [0.5, 0.6) is 5.75 Å². The van der Waals surface area contributed by atoms with Gasteiger partial charge in [0.15, 0.2) is 0 Å². The fourth-order valence-corrected chi connectivity index (χ4v) is 2.78. The largest absolute Gasteiger partial charge is 0.494 e. The molecule has 0 saturated carbocycles. The van der Waals surface area contributed by atoms with Crippen molar-refractivity contribution in [3.8, 4) is 11.8 Å². The van der Waals surface area contributed by atoms with Crippen LogP contribution < -0.4 is 10.1 Å². The average molecular weight is 362 g/mol. The van der Waals surface area contributed by atoms with Gasteiger partial charge < -0.3 is 10.1 Å². The van der Waals surface area contributed by atoms with E-state index < -0.39 is 0 Å². The topological polar surface area (TPSA) is 62.1 Å². The van der Waals surface area contributed by atoms with Gasteiger partial charge in [-0.1, -0.05) is 44.2 Å². The van der Waals surface area contributed by atoms with Gasteiger partial charge >= 0.3 is 0 Å². The third-order valence-corrected chi connectivity index (χ3v) is 4.28. The summed E-state index contributed by atoms with van der Waals surface area (Å²) in [6, 6.07) is 15.6. The van der Waals surface area contributed by atoms with Gasteiger partial charge in [-0.05, 0) is 60.2 Å². The number of nitrogens with one attached hydrogen (secondary N) is 1. The number of hydrogen-bond acceptors (Lipinski definition) is 3. The number of carbonyl (C=O) groups is 1. The van der Waals surface area contributed by atoms with E-state index in [-0.39, 0.29) is 17.4 Å². The first-order valence-corrected chi connectivity index (χ1v) is 9.17. The van der Waals surface area contributed by atoms with E-state index in [1.807, 2.05) is 62.4 Å². The summed E-state index contributed by atoms with van der Waals surface area (Å²) in [5, 5.41) is 12.3. The second-order valence-electron chi connectivity index (χ2n) is 6.67. The smallest absolute Gasteiger partial charge is 0.262 e. The summed E-state index contributed by atoms with van der Waals surface area (Å²) < 4.78 is 5.74. The van der Waals surface area contributed by atoms with Crippen molar-refractivity contribution < 1.29 is 9.53 Å². The Morgan fingerprint density at radius 3 is 2.56 bits per heavy atom. The number of nitrogens with zero attached hydrogens (tertiary/aromatic N) is 1. The van der Waals surface area contributed by atoms with Gasteiger partial charge in [0.1, 0.15) is 17.4 Å². The molecule has 1 N–H and O–H groups in total. The minimum absolute atomic E-state index is 0.0906. The van der Waals surface area contributed by atoms with Crippen molar-refractivity contribution in [1.82, 2.24) is 5.32 Å². The summed E-state index contributed by atoms with van der Waals surface area (Å²) >= 11 is 0. The molecular weight excluding hydrogens is 336 g/mol. The van der Waals surface area contributed by atoms with Gasteiger partial charge in [0, 0.05) is 6.54 Å². The number of carbonyl (C=O) groups excluding carboxylic acids is 1. The van der Waals surface area contributed by atoms with Crippen LogP contribution in [0.1, 0.15) is 48.9 Å². The highest BCUT2D eigenvalue weighted by atomic mass is 16.5. The number of aryl methyl sites for hydroxylation is 1. The van der Waals surface area contributed by atoms with Gasteiger partial charge in [-0.2, -0.15) is 5.26 Å². The minimum Gasteiger partial charge on any atom is -0.494 e. The Kier molecular flexibility index (Phi) is 7.19. The lowest BCUT2D eigenvalue weighted by atomic mass is 9.95. The molecule has 2 aromatic carbocycles. The molecule has 0 saturated heterocycles. The van der Waals surface area contributed by atoms with Crippen LogP contribution in [0.2, 0.25) is 0 Å². The molecule has 27 heavy (non-hydrogen) atoms. The molecule has 2 aromatic rings. The maximum Gasteiger partial charge on any atom is 0.262 e. The molecule has 0 spiro atoms. The predicted molar refractivity (Wildman–Crippen MR) is 108 cm³/mol. The van der Waals surface area contributed by atoms with E-state index in [0.717, 1.165) is 28.0 Å². The number of nitriles is 1. The Morgan fingerprint density at radius 1 is 1.26 bits per heavy atom. The van der Waals surface area contributed by atoms with Crippen molar-refractivity contribution in [2.75, 3.05) is 6.61 Å². The van der Waals surface area contributed by atoms with Gasteiger partial charge in [0.2, 0.25) is 0 Å². The fourth-order valence-electron chi connectivity index (χ4n) is 2.78. The number of amides is 1. The van der Waals surface area contributed by atoms with Crippen LogP contribution in [0.15, 0.2) is 48.0 Å². The highest BCUT2D eigenvalue weighted by molar-refractivity contribution is 6.01. The molecule has 0 aliphatic carbocycles. The first-order valence-electron chi connectivity index (χ1n) is 9.17. The van der Waals surface area contributed by atoms with Crippen molar-refractivity contribution in [1.29, 1.82) is 5.26 Å². The average Bonchev–Trinajstić information content (AvgIpc) is 2.66.